The standard InChI is InChI=1S/C8H12FN3.C8H12N2O2.C7H11N3O.C7H10N2O2/c1-5(2)12-4-7(9)8(10)11-6(12)3;1-5(2)10-4-6(3)7(11)9-8(10)12;1-5(2)10-4-3-6(8)9-7(10)11;1-5(2)9-4-3-6(10)8-7(9)11/h4-5H,3H2,1-2H3,(H2,10,11);4-5H,1-3H3,(H,9,11,12);3-5H,1-2H3,(H2,8,9,11);3-5H,1-2H3,(H,8,10,11). The number of aliphatic imine (C=N–C) groups is 1. The monoisotopic (exact) mass is 644 g/mol. The minimum absolute atomic E-state index is 0.0769. The van der Waals surface area contributed by atoms with Crippen molar-refractivity contribution >= 4 is 11.7 Å². The number of nitrogens with one attached hydrogen (secondary N) is 2. The van der Waals surface area contributed by atoms with Gasteiger partial charge in [0.1, 0.15) is 11.6 Å². The zero-order valence-electron chi connectivity index (χ0n) is 27.7. The van der Waals surface area contributed by atoms with Crippen molar-refractivity contribution in [3.8, 4) is 0 Å². The Morgan fingerprint density at radius 3 is 1.78 bits per heavy atom. The van der Waals surface area contributed by atoms with Gasteiger partial charge in [0.05, 0.1) is 0 Å². The van der Waals surface area contributed by atoms with Gasteiger partial charge in [0.15, 0.2) is 11.7 Å². The molecule has 1 aliphatic heterocycles. The van der Waals surface area contributed by atoms with Crippen molar-refractivity contribution in [2.75, 3.05) is 5.73 Å². The highest BCUT2D eigenvalue weighted by molar-refractivity contribution is 5.96. The van der Waals surface area contributed by atoms with Gasteiger partial charge in [-0.15, -0.1) is 0 Å². The van der Waals surface area contributed by atoms with Crippen LogP contribution in [0.2, 0.25) is 0 Å². The van der Waals surface area contributed by atoms with E-state index in [1.54, 1.807) is 30.3 Å². The Kier molecular flexibility index (Phi) is 14.5. The summed E-state index contributed by atoms with van der Waals surface area (Å²) in [6.07, 6.45) is 6.03. The lowest BCUT2D eigenvalue weighted by Gasteiger charge is -2.27. The molecule has 0 saturated heterocycles. The molecule has 0 amide bonds. The van der Waals surface area contributed by atoms with E-state index < -0.39 is 5.83 Å². The number of rotatable bonds is 4. The first-order valence-electron chi connectivity index (χ1n) is 14.4. The Morgan fingerprint density at radius 1 is 0.783 bits per heavy atom. The molecule has 46 heavy (non-hydrogen) atoms. The molecule has 16 heteroatoms. The van der Waals surface area contributed by atoms with E-state index in [0.717, 1.165) is 0 Å². The lowest BCUT2D eigenvalue weighted by molar-refractivity contribution is 0.368. The third kappa shape index (κ3) is 11.7. The summed E-state index contributed by atoms with van der Waals surface area (Å²) in [6, 6.07) is 3.38. The van der Waals surface area contributed by atoms with Crippen molar-refractivity contribution < 1.29 is 4.39 Å². The van der Waals surface area contributed by atoms with Crippen LogP contribution in [-0.2, 0) is 0 Å². The van der Waals surface area contributed by atoms with Gasteiger partial charge in [0.25, 0.3) is 11.1 Å². The van der Waals surface area contributed by atoms with E-state index >= 15 is 0 Å². The molecule has 252 valence electrons. The Bertz CT molecular complexity index is 1840. The van der Waals surface area contributed by atoms with Gasteiger partial charge in [0, 0.05) is 60.6 Å². The van der Waals surface area contributed by atoms with Gasteiger partial charge < -0.3 is 16.4 Å². The summed E-state index contributed by atoms with van der Waals surface area (Å²) in [5, 5.41) is 0. The fourth-order valence-electron chi connectivity index (χ4n) is 3.58. The fourth-order valence-corrected chi connectivity index (χ4v) is 3.58. The SMILES string of the molecule is C=C1N=C(N)C(F)=CN1C(C)C.CC(C)n1ccc(=O)[nH]c1=O.CC(C)n1ccc(N)nc1=O.Cc1cn(C(C)C)c(=O)[nH]c1=O. The molecule has 0 unspecified atom stereocenters. The van der Waals surface area contributed by atoms with E-state index in [9.17, 15) is 28.4 Å². The third-order valence-corrected chi connectivity index (χ3v) is 6.12. The molecule has 0 radical (unpaired) electrons. The van der Waals surface area contributed by atoms with Crippen LogP contribution in [-0.4, -0.2) is 45.4 Å². The van der Waals surface area contributed by atoms with Crippen LogP contribution in [0.15, 0.2) is 84.1 Å². The molecule has 0 atom stereocenters. The molecular formula is C30H45FN10O5. The summed E-state index contributed by atoms with van der Waals surface area (Å²) in [4.78, 5) is 68.1. The third-order valence-electron chi connectivity index (χ3n) is 6.12. The lowest BCUT2D eigenvalue weighted by Crippen LogP contribution is -2.31. The molecular weight excluding hydrogens is 599 g/mol. The van der Waals surface area contributed by atoms with Crippen LogP contribution in [0.4, 0.5) is 10.2 Å². The molecule has 0 aromatic carbocycles. The maximum Gasteiger partial charge on any atom is 0.349 e. The summed E-state index contributed by atoms with van der Waals surface area (Å²) >= 11 is 0. The van der Waals surface area contributed by atoms with Crippen LogP contribution in [0.5, 0.6) is 0 Å². The number of nitrogens with two attached hydrogens (primary N) is 2. The van der Waals surface area contributed by atoms with Gasteiger partial charge in [0.2, 0.25) is 0 Å². The molecule has 1 aliphatic rings. The summed E-state index contributed by atoms with van der Waals surface area (Å²) in [5.41, 5.74) is 9.46. The highest BCUT2D eigenvalue weighted by atomic mass is 19.1. The predicted octanol–water partition coefficient (Wildman–Crippen LogP) is 2.30. The van der Waals surface area contributed by atoms with Gasteiger partial charge in [-0.1, -0.05) is 6.58 Å². The van der Waals surface area contributed by atoms with E-state index in [1.165, 1.54) is 32.2 Å². The largest absolute Gasteiger partial charge is 0.383 e. The zero-order valence-corrected chi connectivity index (χ0v) is 27.7. The summed E-state index contributed by atoms with van der Waals surface area (Å²) in [6.45, 7) is 20.5. The average Bonchev–Trinajstić information content (AvgIpc) is 2.93. The average molecular weight is 645 g/mol. The van der Waals surface area contributed by atoms with Crippen molar-refractivity contribution in [1.82, 2.24) is 33.6 Å². The molecule has 0 bridgehead atoms. The quantitative estimate of drug-likeness (QED) is 0.328. The van der Waals surface area contributed by atoms with Crippen molar-refractivity contribution in [1.29, 1.82) is 0 Å². The normalized spacial score (nSPS) is 12.5. The molecule has 3 aromatic rings. The summed E-state index contributed by atoms with van der Waals surface area (Å²) in [7, 11) is 0. The highest BCUT2D eigenvalue weighted by Gasteiger charge is 2.17. The van der Waals surface area contributed by atoms with Crippen LogP contribution in [0.3, 0.4) is 0 Å². The van der Waals surface area contributed by atoms with Gasteiger partial charge in [-0.25, -0.2) is 23.8 Å². The van der Waals surface area contributed by atoms with Crippen LogP contribution >= 0.6 is 0 Å². The van der Waals surface area contributed by atoms with Gasteiger partial charge >= 0.3 is 17.1 Å². The fraction of sp³-hybridized carbons (Fsp3) is 0.433. The molecule has 3 aromatic heterocycles. The maximum absolute atomic E-state index is 12.9. The molecule has 15 nitrogen and oxygen atoms in total. The van der Waals surface area contributed by atoms with Gasteiger partial charge in [-0.05, 0) is 68.4 Å². The number of hydrogen-bond acceptors (Lipinski definition) is 10. The number of aryl methyl sites for hydroxylation is 1. The maximum atomic E-state index is 12.9. The molecule has 0 saturated carbocycles. The van der Waals surface area contributed by atoms with Crippen LogP contribution in [0.25, 0.3) is 0 Å². The van der Waals surface area contributed by atoms with Gasteiger partial charge in [-0.2, -0.15) is 4.98 Å². The second-order valence-electron chi connectivity index (χ2n) is 11.2. The van der Waals surface area contributed by atoms with Crippen LogP contribution in [0.1, 0.15) is 79.1 Å². The summed E-state index contributed by atoms with van der Waals surface area (Å²) in [5.74, 6) is 0.142. The summed E-state index contributed by atoms with van der Waals surface area (Å²) < 4.78 is 17.4. The molecule has 0 fully saturated rings. The lowest BCUT2D eigenvalue weighted by atomic mass is 10.3. The zero-order chi connectivity index (χ0) is 35.5. The van der Waals surface area contributed by atoms with Crippen molar-refractivity contribution in [3.63, 3.8) is 0 Å². The second-order valence-corrected chi connectivity index (χ2v) is 11.2. The first kappa shape index (κ1) is 38.7. The molecule has 4 rings (SSSR count). The number of hydrogen-bond donors (Lipinski definition) is 4. The Morgan fingerprint density at radius 2 is 1.30 bits per heavy atom. The minimum Gasteiger partial charge on any atom is -0.383 e. The molecule has 0 aliphatic carbocycles. The van der Waals surface area contributed by atoms with E-state index in [2.05, 4.69) is 26.5 Å². The van der Waals surface area contributed by atoms with E-state index in [-0.39, 0.29) is 64.0 Å². The smallest absolute Gasteiger partial charge is 0.349 e. The molecule has 4 heterocycles. The Balaban J connectivity index is 0.000000307. The van der Waals surface area contributed by atoms with Gasteiger partial charge in [-0.3, -0.25) is 33.3 Å². The highest BCUT2D eigenvalue weighted by Crippen LogP contribution is 2.17. The molecule has 0 spiro atoms. The number of amidine groups is 1. The number of halogens is 1. The Hall–Kier alpha value is -5.28. The number of H-pyrrole nitrogens is 2. The van der Waals surface area contributed by atoms with Crippen LogP contribution in [0, 0.1) is 6.92 Å². The van der Waals surface area contributed by atoms with E-state index in [1.807, 2.05) is 55.4 Å². The number of nitrogen functional groups attached to an aromatic ring is 1. The number of aromatic amines is 2. The van der Waals surface area contributed by atoms with Crippen molar-refractivity contribution in [3.05, 3.63) is 113 Å². The van der Waals surface area contributed by atoms with E-state index in [0.29, 0.717) is 11.4 Å². The van der Waals surface area contributed by atoms with E-state index in [4.69, 9.17) is 11.5 Å². The minimum atomic E-state index is -0.504. The number of aromatic nitrogens is 6. The second kappa shape index (κ2) is 17.3. The topological polar surface area (TPSA) is 212 Å². The van der Waals surface area contributed by atoms with Crippen molar-refractivity contribution in [2.45, 2.75) is 86.5 Å². The predicted molar refractivity (Wildman–Crippen MR) is 178 cm³/mol. The van der Waals surface area contributed by atoms with Crippen molar-refractivity contribution in [2.24, 2.45) is 10.7 Å². The Labute approximate surface area is 265 Å². The van der Waals surface area contributed by atoms with Crippen LogP contribution < -0.4 is 39.7 Å². The molecule has 6 N–H and O–H groups in total. The first-order chi connectivity index (χ1) is 21.3. The number of anilines is 1. The first-order valence-corrected chi connectivity index (χ1v) is 14.4. The number of nitrogens with zero attached hydrogens (tertiary/aromatic N) is 6.